The van der Waals surface area contributed by atoms with E-state index in [9.17, 15) is 22.8 Å². The molecule has 0 aromatic heterocycles. The monoisotopic (exact) mass is 420 g/mol. The molecule has 2 amide bonds. The van der Waals surface area contributed by atoms with Crippen molar-refractivity contribution >= 4 is 33.3 Å². The number of sulfone groups is 1. The van der Waals surface area contributed by atoms with Gasteiger partial charge in [0.15, 0.2) is 16.4 Å². The Morgan fingerprint density at radius 2 is 1.97 bits per heavy atom. The summed E-state index contributed by atoms with van der Waals surface area (Å²) in [6, 6.07) is 6.34. The molecule has 9 heteroatoms. The lowest BCUT2D eigenvalue weighted by molar-refractivity contribution is -0.137. The van der Waals surface area contributed by atoms with Gasteiger partial charge < -0.3 is 14.5 Å². The van der Waals surface area contributed by atoms with Gasteiger partial charge in [-0.2, -0.15) is 0 Å². The van der Waals surface area contributed by atoms with Crippen LogP contribution in [-0.4, -0.2) is 67.8 Å². The SMILES string of the molecule is O=C(OCC(=O)N(C1CC1)[C@@H]1CCS(=O)(=O)C1)c1cccc(N2CCCC2=O)c1. The fourth-order valence-corrected chi connectivity index (χ4v) is 5.77. The minimum atomic E-state index is -3.11. The highest BCUT2D eigenvalue weighted by Gasteiger charge is 2.42. The quantitative estimate of drug-likeness (QED) is 0.640. The third-order valence-corrected chi connectivity index (χ3v) is 7.37. The summed E-state index contributed by atoms with van der Waals surface area (Å²) in [7, 11) is -3.11. The molecule has 0 spiro atoms. The normalized spacial score (nSPS) is 23.2. The van der Waals surface area contributed by atoms with Crippen molar-refractivity contribution in [2.75, 3.05) is 29.6 Å². The predicted octanol–water partition coefficient (Wildman–Crippen LogP) is 1.15. The molecule has 1 saturated carbocycles. The summed E-state index contributed by atoms with van der Waals surface area (Å²) in [4.78, 5) is 40.3. The highest BCUT2D eigenvalue weighted by atomic mass is 32.2. The number of anilines is 1. The summed E-state index contributed by atoms with van der Waals surface area (Å²) in [5.41, 5.74) is 0.917. The second-order valence-corrected chi connectivity index (χ2v) is 10.1. The molecule has 1 aromatic carbocycles. The fourth-order valence-electron chi connectivity index (χ4n) is 4.06. The van der Waals surface area contributed by atoms with Gasteiger partial charge in [0.25, 0.3) is 5.91 Å². The van der Waals surface area contributed by atoms with Crippen LogP contribution in [0.2, 0.25) is 0 Å². The third-order valence-electron chi connectivity index (χ3n) is 5.62. The van der Waals surface area contributed by atoms with E-state index >= 15 is 0 Å². The smallest absolute Gasteiger partial charge is 0.338 e. The van der Waals surface area contributed by atoms with Crippen molar-refractivity contribution in [1.82, 2.24) is 4.90 Å². The molecular weight excluding hydrogens is 396 g/mol. The van der Waals surface area contributed by atoms with Crippen LogP contribution in [-0.2, 0) is 24.2 Å². The minimum Gasteiger partial charge on any atom is -0.452 e. The zero-order valence-electron chi connectivity index (χ0n) is 16.1. The van der Waals surface area contributed by atoms with Crippen LogP contribution in [0.5, 0.6) is 0 Å². The highest BCUT2D eigenvalue weighted by Crippen LogP contribution is 2.32. The van der Waals surface area contributed by atoms with E-state index in [1.165, 1.54) is 0 Å². The van der Waals surface area contributed by atoms with Crippen molar-refractivity contribution in [2.45, 2.75) is 44.2 Å². The number of carbonyl (C=O) groups excluding carboxylic acids is 3. The summed E-state index contributed by atoms with van der Waals surface area (Å²) < 4.78 is 28.8. The largest absolute Gasteiger partial charge is 0.452 e. The second kappa shape index (κ2) is 7.78. The van der Waals surface area contributed by atoms with Crippen LogP contribution >= 0.6 is 0 Å². The number of ether oxygens (including phenoxy) is 1. The van der Waals surface area contributed by atoms with E-state index in [0.29, 0.717) is 25.1 Å². The Kier molecular flexibility index (Phi) is 5.33. The van der Waals surface area contributed by atoms with Gasteiger partial charge in [0.05, 0.1) is 17.1 Å². The lowest BCUT2D eigenvalue weighted by Crippen LogP contribution is -2.44. The molecule has 0 bridgehead atoms. The first-order valence-electron chi connectivity index (χ1n) is 9.93. The molecule has 3 aliphatic rings. The molecule has 156 valence electrons. The lowest BCUT2D eigenvalue weighted by atomic mass is 10.2. The molecule has 3 fully saturated rings. The first kappa shape index (κ1) is 19.9. The van der Waals surface area contributed by atoms with Crippen LogP contribution in [0.3, 0.4) is 0 Å². The van der Waals surface area contributed by atoms with Gasteiger partial charge in [0.1, 0.15) is 0 Å². The van der Waals surface area contributed by atoms with E-state index in [1.807, 2.05) is 0 Å². The molecule has 2 saturated heterocycles. The van der Waals surface area contributed by atoms with Crippen molar-refractivity contribution in [3.8, 4) is 0 Å². The second-order valence-electron chi connectivity index (χ2n) is 7.86. The van der Waals surface area contributed by atoms with Crippen molar-refractivity contribution in [1.29, 1.82) is 0 Å². The molecule has 0 N–H and O–H groups in total. The molecule has 1 aromatic rings. The topological polar surface area (TPSA) is 101 Å². The molecule has 1 aliphatic carbocycles. The van der Waals surface area contributed by atoms with Gasteiger partial charge >= 0.3 is 5.97 Å². The fraction of sp³-hybridized carbons (Fsp3) is 0.550. The van der Waals surface area contributed by atoms with Crippen molar-refractivity contribution in [2.24, 2.45) is 0 Å². The molecule has 2 aliphatic heterocycles. The standard InChI is InChI=1S/C20H24N2O6S/c23-18-5-2-9-21(18)16-4-1-3-14(11-16)20(25)28-12-19(24)22(15-6-7-15)17-8-10-29(26,27)13-17/h1,3-4,11,15,17H,2,5-10,12-13H2/t17-/m1/s1. The average molecular weight is 420 g/mol. The van der Waals surface area contributed by atoms with E-state index in [-0.39, 0.29) is 41.0 Å². The Morgan fingerprint density at radius 1 is 1.17 bits per heavy atom. The number of carbonyl (C=O) groups is 3. The van der Waals surface area contributed by atoms with Gasteiger partial charge in [-0.15, -0.1) is 0 Å². The van der Waals surface area contributed by atoms with Crippen LogP contribution in [0.15, 0.2) is 24.3 Å². The Hall–Kier alpha value is -2.42. The summed E-state index contributed by atoms with van der Waals surface area (Å²) in [6.45, 7) is 0.204. The molecule has 2 heterocycles. The summed E-state index contributed by atoms with van der Waals surface area (Å²) in [5.74, 6) is -0.891. The maximum atomic E-state index is 12.7. The van der Waals surface area contributed by atoms with Crippen molar-refractivity contribution < 1.29 is 27.5 Å². The first-order valence-corrected chi connectivity index (χ1v) is 11.8. The van der Waals surface area contributed by atoms with Gasteiger partial charge in [0.2, 0.25) is 5.91 Å². The maximum absolute atomic E-state index is 12.7. The molecular formula is C20H24N2O6S. The van der Waals surface area contributed by atoms with E-state index in [4.69, 9.17) is 4.74 Å². The number of hydrogen-bond acceptors (Lipinski definition) is 6. The average Bonchev–Trinajstić information content (AvgIpc) is 3.32. The summed E-state index contributed by atoms with van der Waals surface area (Å²) >= 11 is 0. The predicted molar refractivity (Wildman–Crippen MR) is 105 cm³/mol. The van der Waals surface area contributed by atoms with Crippen LogP contribution < -0.4 is 4.90 Å². The Morgan fingerprint density at radius 3 is 2.59 bits per heavy atom. The molecule has 0 radical (unpaired) electrons. The summed E-state index contributed by atoms with van der Waals surface area (Å²) in [5, 5.41) is 0. The zero-order chi connectivity index (χ0) is 20.6. The number of benzene rings is 1. The lowest BCUT2D eigenvalue weighted by Gasteiger charge is -2.28. The van der Waals surface area contributed by atoms with E-state index in [1.54, 1.807) is 34.1 Å². The minimum absolute atomic E-state index is 0.0188. The molecule has 1 atom stereocenters. The number of amides is 2. The number of rotatable bonds is 6. The Bertz CT molecular complexity index is 940. The van der Waals surface area contributed by atoms with Gasteiger partial charge in [0, 0.05) is 30.7 Å². The van der Waals surface area contributed by atoms with Crippen LogP contribution in [0.1, 0.15) is 42.5 Å². The van der Waals surface area contributed by atoms with Gasteiger partial charge in [-0.1, -0.05) is 6.07 Å². The highest BCUT2D eigenvalue weighted by molar-refractivity contribution is 7.91. The Labute approximate surface area is 169 Å². The van der Waals surface area contributed by atoms with Gasteiger partial charge in [-0.05, 0) is 43.9 Å². The van der Waals surface area contributed by atoms with Crippen LogP contribution in [0, 0.1) is 0 Å². The van der Waals surface area contributed by atoms with E-state index in [2.05, 4.69) is 0 Å². The number of hydrogen-bond donors (Lipinski definition) is 0. The first-order chi connectivity index (χ1) is 13.8. The van der Waals surface area contributed by atoms with Gasteiger partial charge in [-0.25, -0.2) is 13.2 Å². The third kappa shape index (κ3) is 4.44. The Balaban J connectivity index is 1.39. The number of nitrogens with zero attached hydrogens (tertiary/aromatic N) is 2. The van der Waals surface area contributed by atoms with Crippen molar-refractivity contribution in [3.05, 3.63) is 29.8 Å². The molecule has 29 heavy (non-hydrogen) atoms. The summed E-state index contributed by atoms with van der Waals surface area (Å²) in [6.07, 6.45) is 3.42. The number of esters is 1. The van der Waals surface area contributed by atoms with Crippen molar-refractivity contribution in [3.63, 3.8) is 0 Å². The molecule has 8 nitrogen and oxygen atoms in total. The van der Waals surface area contributed by atoms with E-state index in [0.717, 1.165) is 19.3 Å². The van der Waals surface area contributed by atoms with Crippen LogP contribution in [0.25, 0.3) is 0 Å². The van der Waals surface area contributed by atoms with Crippen LogP contribution in [0.4, 0.5) is 5.69 Å². The molecule has 4 rings (SSSR count). The zero-order valence-corrected chi connectivity index (χ0v) is 16.9. The molecule has 0 unspecified atom stereocenters. The maximum Gasteiger partial charge on any atom is 0.338 e. The van der Waals surface area contributed by atoms with Gasteiger partial charge in [-0.3, -0.25) is 9.59 Å². The van der Waals surface area contributed by atoms with E-state index < -0.39 is 22.4 Å².